The van der Waals surface area contributed by atoms with Gasteiger partial charge in [-0.2, -0.15) is 0 Å². The van der Waals surface area contributed by atoms with Gasteiger partial charge in [0.05, 0.1) is 6.61 Å². The van der Waals surface area contributed by atoms with Gasteiger partial charge in [-0.05, 0) is 23.8 Å². The van der Waals surface area contributed by atoms with E-state index in [0.717, 1.165) is 17.7 Å². The molecule has 1 amide bonds. The Kier molecular flexibility index (Phi) is 2.79. The zero-order valence-electron chi connectivity index (χ0n) is 10.1. The van der Waals surface area contributed by atoms with Crippen LogP contribution in [0.1, 0.15) is 15.9 Å². The van der Waals surface area contributed by atoms with E-state index in [-0.39, 0.29) is 11.0 Å². The zero-order valence-corrected chi connectivity index (χ0v) is 10.1. The number of carbonyl (C=O) groups is 1. The highest BCUT2D eigenvalue weighted by molar-refractivity contribution is 6.04. The molecule has 2 aromatic rings. The van der Waals surface area contributed by atoms with Crippen LogP contribution in [0.5, 0.6) is 5.75 Å². The molecule has 2 N–H and O–H groups in total. The van der Waals surface area contributed by atoms with E-state index in [1.165, 1.54) is 18.5 Å². The number of amides is 1. The van der Waals surface area contributed by atoms with Gasteiger partial charge in [-0.3, -0.25) is 9.59 Å². The van der Waals surface area contributed by atoms with Crippen molar-refractivity contribution < 1.29 is 9.53 Å². The molecule has 96 valence electrons. The molecule has 0 saturated carbocycles. The summed E-state index contributed by atoms with van der Waals surface area (Å²) in [5, 5.41) is 2.71. The van der Waals surface area contributed by atoms with E-state index in [2.05, 4.69) is 10.3 Å². The van der Waals surface area contributed by atoms with Crippen molar-refractivity contribution in [2.45, 2.75) is 6.42 Å². The lowest BCUT2D eigenvalue weighted by Gasteiger charge is -2.06. The van der Waals surface area contributed by atoms with Crippen molar-refractivity contribution >= 4 is 11.6 Å². The van der Waals surface area contributed by atoms with Gasteiger partial charge in [0, 0.05) is 30.6 Å². The lowest BCUT2D eigenvalue weighted by atomic mass is 10.1. The fraction of sp³-hybridized carbons (Fsp3) is 0.143. The molecular weight excluding hydrogens is 244 g/mol. The number of aromatic amines is 1. The molecule has 5 heteroatoms. The van der Waals surface area contributed by atoms with Crippen molar-refractivity contribution in [1.29, 1.82) is 0 Å². The van der Waals surface area contributed by atoms with Crippen LogP contribution in [0.2, 0.25) is 0 Å². The number of fused-ring (bicyclic) bond motifs is 1. The number of anilines is 1. The maximum absolute atomic E-state index is 12.0. The van der Waals surface area contributed by atoms with Gasteiger partial charge in [0.1, 0.15) is 11.3 Å². The highest BCUT2D eigenvalue weighted by Gasteiger charge is 2.14. The molecule has 19 heavy (non-hydrogen) atoms. The van der Waals surface area contributed by atoms with Gasteiger partial charge in [-0.25, -0.2) is 0 Å². The quantitative estimate of drug-likeness (QED) is 0.856. The molecule has 0 saturated heterocycles. The summed E-state index contributed by atoms with van der Waals surface area (Å²) in [7, 11) is 0. The predicted molar refractivity (Wildman–Crippen MR) is 70.7 cm³/mol. The van der Waals surface area contributed by atoms with Crippen LogP contribution in [-0.4, -0.2) is 17.5 Å². The van der Waals surface area contributed by atoms with E-state index in [0.29, 0.717) is 12.3 Å². The third kappa shape index (κ3) is 2.22. The number of carbonyl (C=O) groups excluding carboxylic acids is 1. The van der Waals surface area contributed by atoms with Crippen LogP contribution in [-0.2, 0) is 6.42 Å². The Bertz CT molecular complexity index is 691. The number of hydrogen-bond acceptors (Lipinski definition) is 3. The number of rotatable bonds is 2. The smallest absolute Gasteiger partial charge is 0.261 e. The Morgan fingerprint density at radius 3 is 3.05 bits per heavy atom. The molecule has 0 unspecified atom stereocenters. The summed E-state index contributed by atoms with van der Waals surface area (Å²) < 4.78 is 5.39. The lowest BCUT2D eigenvalue weighted by molar-refractivity contribution is 0.102. The van der Waals surface area contributed by atoms with Crippen LogP contribution >= 0.6 is 0 Å². The zero-order chi connectivity index (χ0) is 13.2. The monoisotopic (exact) mass is 256 g/mol. The highest BCUT2D eigenvalue weighted by Crippen LogP contribution is 2.27. The average Bonchev–Trinajstić information content (AvgIpc) is 2.86. The van der Waals surface area contributed by atoms with Gasteiger partial charge in [-0.1, -0.05) is 0 Å². The van der Waals surface area contributed by atoms with Crippen LogP contribution in [0.25, 0.3) is 0 Å². The van der Waals surface area contributed by atoms with E-state index in [1.54, 1.807) is 6.07 Å². The molecule has 0 aliphatic carbocycles. The summed E-state index contributed by atoms with van der Waals surface area (Å²) in [6.07, 6.45) is 3.73. The van der Waals surface area contributed by atoms with E-state index in [1.807, 2.05) is 12.1 Å². The van der Waals surface area contributed by atoms with Crippen molar-refractivity contribution in [2.24, 2.45) is 0 Å². The third-order valence-electron chi connectivity index (χ3n) is 3.02. The molecule has 0 atom stereocenters. The number of aromatic nitrogens is 1. The molecule has 1 aromatic carbocycles. The van der Waals surface area contributed by atoms with E-state index >= 15 is 0 Å². The number of hydrogen-bond donors (Lipinski definition) is 2. The number of pyridine rings is 1. The highest BCUT2D eigenvalue weighted by atomic mass is 16.5. The van der Waals surface area contributed by atoms with Crippen LogP contribution in [0.4, 0.5) is 5.69 Å². The second kappa shape index (κ2) is 4.61. The van der Waals surface area contributed by atoms with Crippen LogP contribution in [0, 0.1) is 0 Å². The fourth-order valence-corrected chi connectivity index (χ4v) is 2.06. The summed E-state index contributed by atoms with van der Waals surface area (Å²) in [6.45, 7) is 0.672. The molecule has 1 aromatic heterocycles. The van der Waals surface area contributed by atoms with Gasteiger partial charge in [0.2, 0.25) is 0 Å². The van der Waals surface area contributed by atoms with Gasteiger partial charge in [0.25, 0.3) is 5.91 Å². The van der Waals surface area contributed by atoms with Gasteiger partial charge >= 0.3 is 0 Å². The fourth-order valence-electron chi connectivity index (χ4n) is 2.06. The SMILES string of the molecule is O=C(Nc1ccc2c(c1)CCO2)c1c[nH]ccc1=O. The van der Waals surface area contributed by atoms with Gasteiger partial charge in [-0.15, -0.1) is 0 Å². The molecule has 1 aliphatic rings. The van der Waals surface area contributed by atoms with Crippen LogP contribution in [0.3, 0.4) is 0 Å². The number of nitrogens with one attached hydrogen (secondary N) is 2. The molecule has 3 rings (SSSR count). The number of ether oxygens (including phenoxy) is 1. The lowest BCUT2D eigenvalue weighted by Crippen LogP contribution is -2.20. The van der Waals surface area contributed by atoms with Crippen molar-refractivity contribution in [3.8, 4) is 5.75 Å². The maximum Gasteiger partial charge on any atom is 0.261 e. The molecule has 1 aliphatic heterocycles. The maximum atomic E-state index is 12.0. The summed E-state index contributed by atoms with van der Waals surface area (Å²) in [5.74, 6) is 0.441. The van der Waals surface area contributed by atoms with Gasteiger partial charge < -0.3 is 15.0 Å². The first kappa shape index (κ1) is 11.5. The van der Waals surface area contributed by atoms with E-state index in [4.69, 9.17) is 4.74 Å². The Labute approximate surface area is 109 Å². The minimum atomic E-state index is -0.416. The van der Waals surface area contributed by atoms with E-state index < -0.39 is 5.91 Å². The standard InChI is InChI=1S/C14H12N2O3/c17-12-3-5-15-8-11(12)14(18)16-10-1-2-13-9(7-10)4-6-19-13/h1-3,5,7-8H,4,6H2,(H,15,17)(H,16,18). The molecular formula is C14H12N2O3. The Balaban J connectivity index is 1.84. The predicted octanol–water partition coefficient (Wildman–Crippen LogP) is 1.56. The van der Waals surface area contributed by atoms with Crippen LogP contribution < -0.4 is 15.5 Å². The second-order valence-corrected chi connectivity index (χ2v) is 4.30. The normalized spacial score (nSPS) is 12.6. The molecule has 0 fully saturated rings. The first-order valence-electron chi connectivity index (χ1n) is 5.98. The number of H-pyrrole nitrogens is 1. The summed E-state index contributed by atoms with van der Waals surface area (Å²) in [5.41, 5.74) is 1.53. The molecule has 2 heterocycles. The summed E-state index contributed by atoms with van der Waals surface area (Å²) >= 11 is 0. The van der Waals surface area contributed by atoms with Crippen LogP contribution in [0.15, 0.2) is 41.5 Å². The first-order valence-corrected chi connectivity index (χ1v) is 5.98. The molecule has 0 spiro atoms. The van der Waals surface area contributed by atoms with Gasteiger partial charge in [0.15, 0.2) is 5.43 Å². The second-order valence-electron chi connectivity index (χ2n) is 4.30. The molecule has 5 nitrogen and oxygen atoms in total. The Morgan fingerprint density at radius 2 is 2.21 bits per heavy atom. The molecule has 0 bridgehead atoms. The number of benzene rings is 1. The van der Waals surface area contributed by atoms with Crippen molar-refractivity contribution in [3.63, 3.8) is 0 Å². The van der Waals surface area contributed by atoms with E-state index in [9.17, 15) is 9.59 Å². The molecule has 0 radical (unpaired) electrons. The topological polar surface area (TPSA) is 71.2 Å². The minimum Gasteiger partial charge on any atom is -0.493 e. The van der Waals surface area contributed by atoms with Crippen molar-refractivity contribution in [1.82, 2.24) is 4.98 Å². The third-order valence-corrected chi connectivity index (χ3v) is 3.02. The Morgan fingerprint density at radius 1 is 1.32 bits per heavy atom. The summed E-state index contributed by atoms with van der Waals surface area (Å²) in [6, 6.07) is 6.79. The minimum absolute atomic E-state index is 0.0965. The van der Waals surface area contributed by atoms with Crippen molar-refractivity contribution in [3.05, 3.63) is 58.0 Å². The van der Waals surface area contributed by atoms with Crippen molar-refractivity contribution in [2.75, 3.05) is 11.9 Å². The Hall–Kier alpha value is -2.56. The largest absolute Gasteiger partial charge is 0.493 e. The first-order chi connectivity index (χ1) is 9.24. The average molecular weight is 256 g/mol. The summed E-state index contributed by atoms with van der Waals surface area (Å²) in [4.78, 5) is 26.2.